The number of nitrogens with zero attached hydrogens (tertiary/aromatic N) is 3. The Morgan fingerprint density at radius 3 is 2.64 bits per heavy atom. The molecule has 28 heavy (non-hydrogen) atoms. The van der Waals surface area contributed by atoms with Crippen molar-refractivity contribution in [1.82, 2.24) is 15.0 Å². The third kappa shape index (κ3) is 3.40. The van der Waals surface area contributed by atoms with Crippen LogP contribution >= 0.6 is 0 Å². The first-order valence-electron chi connectivity index (χ1n) is 8.69. The van der Waals surface area contributed by atoms with Gasteiger partial charge in [0.1, 0.15) is 5.75 Å². The van der Waals surface area contributed by atoms with Crippen molar-refractivity contribution in [2.45, 2.75) is 6.92 Å². The number of carbonyl (C=O) groups is 1. The quantitative estimate of drug-likeness (QED) is 0.489. The largest absolute Gasteiger partial charge is 0.465 e. The van der Waals surface area contributed by atoms with Crippen molar-refractivity contribution < 1.29 is 14.3 Å². The van der Waals surface area contributed by atoms with Gasteiger partial charge in [-0.05, 0) is 48.9 Å². The van der Waals surface area contributed by atoms with Crippen LogP contribution in [-0.4, -0.2) is 28.0 Å². The number of aromatic nitrogens is 3. The van der Waals surface area contributed by atoms with Gasteiger partial charge in [0.05, 0.1) is 23.6 Å². The van der Waals surface area contributed by atoms with Gasteiger partial charge in [-0.15, -0.1) is 0 Å². The average Bonchev–Trinajstić information content (AvgIpc) is 2.75. The lowest BCUT2D eigenvalue weighted by molar-refractivity contribution is 0.0600. The second-order valence-corrected chi connectivity index (χ2v) is 6.19. The lowest BCUT2D eigenvalue weighted by Gasteiger charge is -2.12. The van der Waals surface area contributed by atoms with E-state index in [2.05, 4.69) is 15.0 Å². The molecular weight excluding hydrogens is 354 g/mol. The van der Waals surface area contributed by atoms with Gasteiger partial charge in [-0.2, -0.15) is 4.98 Å². The topological polar surface area (TPSA) is 74.2 Å². The summed E-state index contributed by atoms with van der Waals surface area (Å²) in [5.74, 6) is 1.04. The van der Waals surface area contributed by atoms with E-state index in [-0.39, 0.29) is 0 Å². The molecule has 0 spiro atoms. The van der Waals surface area contributed by atoms with Crippen LogP contribution in [-0.2, 0) is 4.74 Å². The van der Waals surface area contributed by atoms with Crippen molar-refractivity contribution in [3.05, 3.63) is 78.1 Å². The molecule has 6 nitrogen and oxygen atoms in total. The minimum absolute atomic E-state index is 0.411. The van der Waals surface area contributed by atoms with Crippen LogP contribution in [0.1, 0.15) is 15.9 Å². The van der Waals surface area contributed by atoms with Crippen molar-refractivity contribution in [2.75, 3.05) is 7.11 Å². The molecule has 4 rings (SSSR count). The molecular formula is C22H17N3O3. The number of aryl methyl sites for hydroxylation is 1. The zero-order valence-corrected chi connectivity index (χ0v) is 15.4. The molecule has 2 aromatic carbocycles. The van der Waals surface area contributed by atoms with Crippen LogP contribution in [0.4, 0.5) is 0 Å². The molecule has 0 atom stereocenters. The first-order valence-corrected chi connectivity index (χ1v) is 8.69. The molecule has 0 saturated carbocycles. The fourth-order valence-electron chi connectivity index (χ4n) is 2.81. The monoisotopic (exact) mass is 371 g/mol. The van der Waals surface area contributed by atoms with Gasteiger partial charge in [0, 0.05) is 18.0 Å². The molecule has 0 amide bonds. The van der Waals surface area contributed by atoms with E-state index < -0.39 is 5.97 Å². The summed E-state index contributed by atoms with van der Waals surface area (Å²) in [6, 6.07) is 16.5. The van der Waals surface area contributed by atoms with Gasteiger partial charge in [0.25, 0.3) is 0 Å². The number of hydrogen-bond donors (Lipinski definition) is 0. The van der Waals surface area contributed by atoms with Gasteiger partial charge in [-0.3, -0.25) is 4.98 Å². The first-order chi connectivity index (χ1) is 13.7. The van der Waals surface area contributed by atoms with Gasteiger partial charge in [0.15, 0.2) is 5.82 Å². The molecule has 2 aromatic heterocycles. The van der Waals surface area contributed by atoms with E-state index in [0.29, 0.717) is 23.0 Å². The third-order valence-electron chi connectivity index (χ3n) is 4.30. The summed E-state index contributed by atoms with van der Waals surface area (Å²) in [6.07, 6.45) is 3.40. The number of hydrogen-bond acceptors (Lipinski definition) is 6. The van der Waals surface area contributed by atoms with Crippen LogP contribution < -0.4 is 4.74 Å². The summed E-state index contributed by atoms with van der Waals surface area (Å²) >= 11 is 0. The van der Waals surface area contributed by atoms with Crippen molar-refractivity contribution in [2.24, 2.45) is 0 Å². The number of esters is 1. The summed E-state index contributed by atoms with van der Waals surface area (Å²) in [7, 11) is 1.35. The van der Waals surface area contributed by atoms with Crippen molar-refractivity contribution in [3.8, 4) is 23.0 Å². The maximum absolute atomic E-state index is 11.9. The zero-order chi connectivity index (χ0) is 19.5. The highest BCUT2D eigenvalue weighted by atomic mass is 16.5. The normalized spacial score (nSPS) is 10.6. The first kappa shape index (κ1) is 17.6. The number of methoxy groups -OCH3 is 1. The van der Waals surface area contributed by atoms with Crippen LogP contribution in [0.2, 0.25) is 0 Å². The number of benzene rings is 2. The molecule has 0 bridgehead atoms. The summed E-state index contributed by atoms with van der Waals surface area (Å²) in [5, 5.41) is 0.776. The summed E-state index contributed by atoms with van der Waals surface area (Å²) < 4.78 is 10.9. The van der Waals surface area contributed by atoms with Crippen LogP contribution in [0.15, 0.2) is 67.0 Å². The number of ether oxygens (including phenoxy) is 2. The van der Waals surface area contributed by atoms with Gasteiger partial charge < -0.3 is 9.47 Å². The molecule has 0 saturated heterocycles. The van der Waals surface area contributed by atoms with Gasteiger partial charge in [-0.1, -0.05) is 18.2 Å². The molecule has 0 radical (unpaired) electrons. The Kier molecular flexibility index (Phi) is 4.68. The Labute approximate surface area is 161 Å². The van der Waals surface area contributed by atoms with Crippen molar-refractivity contribution in [3.63, 3.8) is 0 Å². The maximum Gasteiger partial charge on any atom is 0.337 e. The fraction of sp³-hybridized carbons (Fsp3) is 0.0909. The van der Waals surface area contributed by atoms with E-state index in [1.165, 1.54) is 7.11 Å². The van der Waals surface area contributed by atoms with Crippen LogP contribution in [0, 0.1) is 6.92 Å². The molecule has 0 N–H and O–H groups in total. The number of pyridine rings is 1. The van der Waals surface area contributed by atoms with Gasteiger partial charge in [0.2, 0.25) is 5.88 Å². The minimum Gasteiger partial charge on any atom is -0.465 e. The highest BCUT2D eigenvalue weighted by molar-refractivity contribution is 5.90. The third-order valence-corrected chi connectivity index (χ3v) is 4.30. The van der Waals surface area contributed by atoms with E-state index in [9.17, 15) is 4.79 Å². The van der Waals surface area contributed by atoms with E-state index >= 15 is 0 Å². The smallest absolute Gasteiger partial charge is 0.337 e. The molecule has 138 valence electrons. The Balaban J connectivity index is 1.84. The molecule has 2 heterocycles. The molecule has 0 fully saturated rings. The van der Waals surface area contributed by atoms with Gasteiger partial charge >= 0.3 is 5.97 Å². The fourth-order valence-corrected chi connectivity index (χ4v) is 2.81. The second-order valence-electron chi connectivity index (χ2n) is 6.19. The zero-order valence-electron chi connectivity index (χ0n) is 15.4. The second kappa shape index (κ2) is 7.44. The Morgan fingerprint density at radius 1 is 1.00 bits per heavy atom. The van der Waals surface area contributed by atoms with E-state index in [4.69, 9.17) is 9.47 Å². The lowest BCUT2D eigenvalue weighted by atomic mass is 10.1. The molecule has 0 aliphatic heterocycles. The molecule has 4 aromatic rings. The molecule has 6 heteroatoms. The van der Waals surface area contributed by atoms with Crippen molar-refractivity contribution in [1.29, 1.82) is 0 Å². The number of fused-ring (bicyclic) bond motifs is 1. The SMILES string of the molecule is COC(=O)c1ccc(C)c(Oc2nc(-c3cccnc3)nc3ccccc23)c1. The predicted octanol–water partition coefficient (Wildman–Crippen LogP) is 4.58. The molecule has 0 aliphatic carbocycles. The molecule has 0 aliphatic rings. The van der Waals surface area contributed by atoms with Gasteiger partial charge in [-0.25, -0.2) is 9.78 Å². The standard InChI is InChI=1S/C22H17N3O3/c1-14-9-10-15(22(26)27-2)12-19(14)28-21-17-7-3-4-8-18(17)24-20(25-21)16-6-5-11-23-13-16/h3-13H,1-2H3. The molecule has 0 unspecified atom stereocenters. The van der Waals surface area contributed by atoms with Crippen LogP contribution in [0.3, 0.4) is 0 Å². The Hall–Kier alpha value is -3.80. The summed E-state index contributed by atoms with van der Waals surface area (Å²) in [4.78, 5) is 25.2. The van der Waals surface area contributed by atoms with E-state index in [0.717, 1.165) is 22.0 Å². The van der Waals surface area contributed by atoms with Crippen molar-refractivity contribution >= 4 is 16.9 Å². The summed E-state index contributed by atoms with van der Waals surface area (Å²) in [5.41, 5.74) is 2.83. The number of para-hydroxylation sites is 1. The average molecular weight is 371 g/mol. The maximum atomic E-state index is 11.9. The summed E-state index contributed by atoms with van der Waals surface area (Å²) in [6.45, 7) is 1.90. The predicted molar refractivity (Wildman–Crippen MR) is 105 cm³/mol. The number of rotatable bonds is 4. The van der Waals surface area contributed by atoms with E-state index in [1.54, 1.807) is 24.5 Å². The van der Waals surface area contributed by atoms with Crippen LogP contribution in [0.5, 0.6) is 11.6 Å². The number of carbonyl (C=O) groups excluding carboxylic acids is 1. The Bertz CT molecular complexity index is 1160. The van der Waals surface area contributed by atoms with E-state index in [1.807, 2.05) is 49.4 Å². The highest BCUT2D eigenvalue weighted by Crippen LogP contribution is 2.32. The minimum atomic E-state index is -0.423. The Morgan fingerprint density at radius 2 is 1.86 bits per heavy atom. The lowest BCUT2D eigenvalue weighted by Crippen LogP contribution is -2.02. The van der Waals surface area contributed by atoms with Crippen LogP contribution in [0.25, 0.3) is 22.3 Å². The highest BCUT2D eigenvalue weighted by Gasteiger charge is 2.14.